The highest BCUT2D eigenvalue weighted by molar-refractivity contribution is 9.10. The van der Waals surface area contributed by atoms with E-state index in [1.54, 1.807) is 11.8 Å². The number of halogens is 1. The Morgan fingerprint density at radius 1 is 1.37 bits per heavy atom. The Kier molecular flexibility index (Phi) is 5.44. The third kappa shape index (κ3) is 4.09. The zero-order valence-electron chi connectivity index (χ0n) is 10.7. The van der Waals surface area contributed by atoms with Gasteiger partial charge in [-0.3, -0.25) is 0 Å². The molecule has 0 saturated carbocycles. The van der Waals surface area contributed by atoms with Crippen molar-refractivity contribution < 1.29 is 4.74 Å². The lowest BCUT2D eigenvalue weighted by molar-refractivity contribution is 0.198. The van der Waals surface area contributed by atoms with E-state index in [9.17, 15) is 0 Å². The predicted molar refractivity (Wildman–Crippen MR) is 74.6 cm³/mol. The van der Waals surface area contributed by atoms with Crippen molar-refractivity contribution in [3.63, 3.8) is 0 Å². The Labute approximate surface area is 120 Å². The lowest BCUT2D eigenvalue weighted by Crippen LogP contribution is -2.21. The van der Waals surface area contributed by atoms with Gasteiger partial charge in [0.2, 0.25) is 0 Å². The maximum atomic E-state index is 4.98. The van der Waals surface area contributed by atoms with Gasteiger partial charge in [-0.1, -0.05) is 34.1 Å². The number of nitrogens with one attached hydrogen (secondary N) is 1. The number of tetrazole rings is 1. The summed E-state index contributed by atoms with van der Waals surface area (Å²) in [6.07, 6.45) is 0. The lowest BCUT2D eigenvalue weighted by Gasteiger charge is -2.07. The summed E-state index contributed by atoms with van der Waals surface area (Å²) in [6, 6.07) is 8.05. The third-order valence-corrected chi connectivity index (χ3v) is 3.42. The number of benzene rings is 1. The molecule has 102 valence electrons. The van der Waals surface area contributed by atoms with E-state index in [2.05, 4.69) is 36.8 Å². The molecule has 0 spiro atoms. The molecule has 0 amide bonds. The summed E-state index contributed by atoms with van der Waals surface area (Å²) >= 11 is 3.53. The van der Waals surface area contributed by atoms with Crippen LogP contribution in [0.25, 0.3) is 0 Å². The molecule has 0 aliphatic rings. The van der Waals surface area contributed by atoms with Gasteiger partial charge in [-0.2, -0.15) is 0 Å². The van der Waals surface area contributed by atoms with E-state index in [0.29, 0.717) is 19.7 Å². The molecule has 19 heavy (non-hydrogen) atoms. The number of rotatable bonds is 7. The van der Waals surface area contributed by atoms with Gasteiger partial charge in [0, 0.05) is 18.1 Å². The Bertz CT molecular complexity index is 516. The van der Waals surface area contributed by atoms with Crippen LogP contribution in [0, 0.1) is 0 Å². The van der Waals surface area contributed by atoms with E-state index in [1.807, 2.05) is 24.3 Å². The summed E-state index contributed by atoms with van der Waals surface area (Å²) in [7, 11) is 1.68. The number of hydrogen-bond acceptors (Lipinski definition) is 5. The summed E-state index contributed by atoms with van der Waals surface area (Å²) in [5.74, 6) is 0.812. The first-order valence-corrected chi connectivity index (χ1v) is 6.78. The van der Waals surface area contributed by atoms with E-state index in [-0.39, 0.29) is 0 Å². The monoisotopic (exact) mass is 325 g/mol. The summed E-state index contributed by atoms with van der Waals surface area (Å²) in [5.41, 5.74) is 1.15. The zero-order chi connectivity index (χ0) is 13.5. The molecule has 0 aliphatic carbocycles. The van der Waals surface area contributed by atoms with Crippen LogP contribution in [0.2, 0.25) is 0 Å². The number of ether oxygens (including phenoxy) is 1. The number of hydrogen-bond donors (Lipinski definition) is 1. The van der Waals surface area contributed by atoms with Crippen LogP contribution in [0.15, 0.2) is 28.7 Å². The Balaban J connectivity index is 1.98. The predicted octanol–water partition coefficient (Wildman–Crippen LogP) is 1.22. The van der Waals surface area contributed by atoms with Gasteiger partial charge < -0.3 is 10.1 Å². The first kappa shape index (κ1) is 14.1. The van der Waals surface area contributed by atoms with Crippen molar-refractivity contribution in [3.8, 4) is 0 Å². The first-order valence-electron chi connectivity index (χ1n) is 5.99. The van der Waals surface area contributed by atoms with E-state index in [4.69, 9.17) is 4.74 Å². The highest BCUT2D eigenvalue weighted by Gasteiger charge is 2.07. The highest BCUT2D eigenvalue weighted by Crippen LogP contribution is 2.16. The van der Waals surface area contributed by atoms with E-state index in [1.165, 1.54) is 0 Å². The molecule has 0 aliphatic heterocycles. The van der Waals surface area contributed by atoms with Crippen molar-refractivity contribution in [2.24, 2.45) is 0 Å². The summed E-state index contributed by atoms with van der Waals surface area (Å²) < 4.78 is 7.83. The molecule has 2 aromatic rings. The van der Waals surface area contributed by atoms with Crippen LogP contribution < -0.4 is 5.32 Å². The second-order valence-corrected chi connectivity index (χ2v) is 4.87. The van der Waals surface area contributed by atoms with Gasteiger partial charge >= 0.3 is 0 Å². The molecule has 0 radical (unpaired) electrons. The molecule has 1 N–H and O–H groups in total. The van der Waals surface area contributed by atoms with Crippen LogP contribution in [0.4, 0.5) is 0 Å². The molecule has 6 nitrogen and oxygen atoms in total. The average molecular weight is 326 g/mol. The second-order valence-electron chi connectivity index (χ2n) is 4.01. The van der Waals surface area contributed by atoms with Crippen molar-refractivity contribution in [2.75, 3.05) is 20.3 Å². The molecule has 1 heterocycles. The third-order valence-electron chi connectivity index (χ3n) is 2.65. The Morgan fingerprint density at radius 2 is 2.21 bits per heavy atom. The minimum atomic E-state index is 0.626. The summed E-state index contributed by atoms with van der Waals surface area (Å²) in [5, 5.41) is 15.0. The van der Waals surface area contributed by atoms with Crippen molar-refractivity contribution in [3.05, 3.63) is 40.1 Å². The van der Waals surface area contributed by atoms with Gasteiger partial charge in [-0.05, 0) is 22.1 Å². The van der Waals surface area contributed by atoms with Crippen LogP contribution in [0.1, 0.15) is 11.4 Å². The molecule has 0 saturated heterocycles. The topological polar surface area (TPSA) is 64.9 Å². The van der Waals surface area contributed by atoms with Gasteiger partial charge in [-0.15, -0.1) is 5.10 Å². The van der Waals surface area contributed by atoms with Crippen molar-refractivity contribution in [2.45, 2.75) is 13.1 Å². The summed E-state index contributed by atoms with van der Waals surface area (Å²) in [4.78, 5) is 0. The second kappa shape index (κ2) is 7.32. The van der Waals surface area contributed by atoms with Gasteiger partial charge in [0.25, 0.3) is 0 Å². The van der Waals surface area contributed by atoms with Crippen LogP contribution in [-0.2, 0) is 17.8 Å². The van der Waals surface area contributed by atoms with Crippen LogP contribution in [0.5, 0.6) is 0 Å². The number of nitrogens with zero attached hydrogens (tertiary/aromatic N) is 4. The smallest absolute Gasteiger partial charge is 0.165 e. The Morgan fingerprint density at radius 3 is 3.00 bits per heavy atom. The van der Waals surface area contributed by atoms with Crippen LogP contribution in [0.3, 0.4) is 0 Å². The van der Waals surface area contributed by atoms with Crippen LogP contribution in [-0.4, -0.2) is 40.5 Å². The maximum Gasteiger partial charge on any atom is 0.165 e. The van der Waals surface area contributed by atoms with E-state index < -0.39 is 0 Å². The normalized spacial score (nSPS) is 10.8. The summed E-state index contributed by atoms with van der Waals surface area (Å²) in [6.45, 7) is 2.72. The van der Waals surface area contributed by atoms with Gasteiger partial charge in [0.1, 0.15) is 0 Å². The standard InChI is InChI=1S/C12H16BrN5O/c1-19-7-6-14-8-12-15-16-17-18(12)9-10-4-2-3-5-11(10)13/h2-5,14H,6-9H2,1H3. The molecule has 0 unspecified atom stereocenters. The Hall–Kier alpha value is -1.31. The first-order chi connectivity index (χ1) is 9.31. The molecule has 0 fully saturated rings. The molecular weight excluding hydrogens is 310 g/mol. The maximum absolute atomic E-state index is 4.98. The molecule has 0 bridgehead atoms. The number of methoxy groups -OCH3 is 1. The molecular formula is C12H16BrN5O. The molecule has 2 rings (SSSR count). The minimum absolute atomic E-state index is 0.626. The van der Waals surface area contributed by atoms with Crippen molar-refractivity contribution in [1.29, 1.82) is 0 Å². The zero-order valence-corrected chi connectivity index (χ0v) is 12.3. The molecule has 1 aromatic carbocycles. The van der Waals surface area contributed by atoms with Gasteiger partial charge in [-0.25, -0.2) is 4.68 Å². The van der Waals surface area contributed by atoms with Crippen molar-refractivity contribution >= 4 is 15.9 Å². The van der Waals surface area contributed by atoms with Crippen molar-refractivity contribution in [1.82, 2.24) is 25.5 Å². The van der Waals surface area contributed by atoms with E-state index in [0.717, 1.165) is 22.4 Å². The quantitative estimate of drug-likeness (QED) is 0.775. The minimum Gasteiger partial charge on any atom is -0.383 e. The van der Waals surface area contributed by atoms with E-state index >= 15 is 0 Å². The SMILES string of the molecule is COCCNCc1nnnn1Cc1ccccc1Br. The van der Waals surface area contributed by atoms with Gasteiger partial charge in [0.15, 0.2) is 5.82 Å². The number of aromatic nitrogens is 4. The van der Waals surface area contributed by atoms with Crippen LogP contribution >= 0.6 is 15.9 Å². The highest BCUT2D eigenvalue weighted by atomic mass is 79.9. The van der Waals surface area contributed by atoms with Gasteiger partial charge in [0.05, 0.1) is 19.7 Å². The fourth-order valence-electron chi connectivity index (χ4n) is 1.64. The average Bonchev–Trinajstić information content (AvgIpc) is 2.85. The lowest BCUT2D eigenvalue weighted by atomic mass is 10.2. The molecule has 7 heteroatoms. The fourth-order valence-corrected chi connectivity index (χ4v) is 2.05. The largest absolute Gasteiger partial charge is 0.383 e. The molecule has 0 atom stereocenters. The molecule has 1 aromatic heterocycles. The fraction of sp³-hybridized carbons (Fsp3) is 0.417.